The standard InChI is InChI=1S/C20H34N4O.HI/c1-7-21-20(22-11-10-19(25)24(8-2)9-3)23-14-18-16(5)12-15(4)13-17(18)6;/h12-13H,7-11,14H2,1-6H3,(H2,21,22,23);1H. The SMILES string of the molecule is CCNC(=NCc1c(C)cc(C)cc1C)NCCC(=O)N(CC)CC.I. The molecule has 0 saturated carbocycles. The fourth-order valence-electron chi connectivity index (χ4n) is 2.98. The highest BCUT2D eigenvalue weighted by Gasteiger charge is 2.09. The number of benzene rings is 1. The van der Waals surface area contributed by atoms with Gasteiger partial charge < -0.3 is 15.5 Å². The Morgan fingerprint density at radius 2 is 1.62 bits per heavy atom. The van der Waals surface area contributed by atoms with E-state index in [0.29, 0.717) is 19.5 Å². The van der Waals surface area contributed by atoms with E-state index in [1.54, 1.807) is 0 Å². The first kappa shape index (κ1) is 24.7. The molecular weight excluding hydrogens is 439 g/mol. The molecule has 0 heterocycles. The number of carbonyl (C=O) groups excluding carboxylic acids is 1. The average molecular weight is 474 g/mol. The summed E-state index contributed by atoms with van der Waals surface area (Å²) in [7, 11) is 0. The van der Waals surface area contributed by atoms with E-state index in [0.717, 1.165) is 25.6 Å². The van der Waals surface area contributed by atoms with Crippen LogP contribution in [0.5, 0.6) is 0 Å². The van der Waals surface area contributed by atoms with E-state index in [1.807, 2.05) is 25.7 Å². The number of hydrogen-bond donors (Lipinski definition) is 2. The number of rotatable bonds is 8. The zero-order valence-electron chi connectivity index (χ0n) is 17.1. The van der Waals surface area contributed by atoms with E-state index in [1.165, 1.54) is 22.3 Å². The van der Waals surface area contributed by atoms with Crippen molar-refractivity contribution in [3.05, 3.63) is 34.4 Å². The molecule has 0 aromatic heterocycles. The van der Waals surface area contributed by atoms with Gasteiger partial charge in [0.25, 0.3) is 0 Å². The number of hydrogen-bond acceptors (Lipinski definition) is 2. The van der Waals surface area contributed by atoms with Crippen molar-refractivity contribution < 1.29 is 4.79 Å². The average Bonchev–Trinajstić information content (AvgIpc) is 2.54. The Labute approximate surface area is 176 Å². The fraction of sp³-hybridized carbons (Fsp3) is 0.600. The Morgan fingerprint density at radius 1 is 1.04 bits per heavy atom. The predicted octanol–water partition coefficient (Wildman–Crippen LogP) is 3.54. The fourth-order valence-corrected chi connectivity index (χ4v) is 2.98. The first-order valence-corrected chi connectivity index (χ1v) is 9.29. The van der Waals surface area contributed by atoms with E-state index < -0.39 is 0 Å². The molecule has 5 nitrogen and oxygen atoms in total. The van der Waals surface area contributed by atoms with Gasteiger partial charge in [0.15, 0.2) is 5.96 Å². The maximum Gasteiger partial charge on any atom is 0.224 e. The summed E-state index contributed by atoms with van der Waals surface area (Å²) in [6, 6.07) is 4.39. The van der Waals surface area contributed by atoms with E-state index in [-0.39, 0.29) is 29.9 Å². The molecule has 26 heavy (non-hydrogen) atoms. The van der Waals surface area contributed by atoms with Crippen LogP contribution in [-0.2, 0) is 11.3 Å². The third kappa shape index (κ3) is 7.93. The summed E-state index contributed by atoms with van der Waals surface area (Å²) in [6.07, 6.45) is 0.481. The zero-order valence-corrected chi connectivity index (χ0v) is 19.4. The number of aryl methyl sites for hydroxylation is 3. The number of aliphatic imine (C=N–C) groups is 1. The lowest BCUT2D eigenvalue weighted by atomic mass is 10.00. The smallest absolute Gasteiger partial charge is 0.224 e. The van der Waals surface area contributed by atoms with Crippen LogP contribution < -0.4 is 10.6 Å². The van der Waals surface area contributed by atoms with Gasteiger partial charge in [-0.25, -0.2) is 4.99 Å². The van der Waals surface area contributed by atoms with Gasteiger partial charge in [-0.3, -0.25) is 4.79 Å². The summed E-state index contributed by atoms with van der Waals surface area (Å²) in [4.78, 5) is 18.6. The van der Waals surface area contributed by atoms with Crippen LogP contribution in [0.2, 0.25) is 0 Å². The minimum atomic E-state index is 0. The van der Waals surface area contributed by atoms with Gasteiger partial charge >= 0.3 is 0 Å². The molecule has 0 unspecified atom stereocenters. The molecule has 1 amide bonds. The monoisotopic (exact) mass is 474 g/mol. The first-order valence-electron chi connectivity index (χ1n) is 9.29. The van der Waals surface area contributed by atoms with Crippen LogP contribution >= 0.6 is 24.0 Å². The molecule has 0 fully saturated rings. The number of nitrogens with zero attached hydrogens (tertiary/aromatic N) is 2. The lowest BCUT2D eigenvalue weighted by molar-refractivity contribution is -0.130. The van der Waals surface area contributed by atoms with Crippen LogP contribution in [0.25, 0.3) is 0 Å². The van der Waals surface area contributed by atoms with Gasteiger partial charge in [-0.1, -0.05) is 17.7 Å². The van der Waals surface area contributed by atoms with Gasteiger partial charge in [-0.05, 0) is 58.2 Å². The van der Waals surface area contributed by atoms with Crippen LogP contribution in [-0.4, -0.2) is 42.9 Å². The minimum Gasteiger partial charge on any atom is -0.357 e. The molecule has 2 N–H and O–H groups in total. The summed E-state index contributed by atoms with van der Waals surface area (Å²) in [6.45, 7) is 16.0. The van der Waals surface area contributed by atoms with E-state index >= 15 is 0 Å². The molecule has 0 radical (unpaired) electrons. The van der Waals surface area contributed by atoms with Crippen molar-refractivity contribution in [2.24, 2.45) is 4.99 Å². The molecule has 0 spiro atoms. The largest absolute Gasteiger partial charge is 0.357 e. The van der Waals surface area contributed by atoms with Crippen molar-refractivity contribution in [1.82, 2.24) is 15.5 Å². The van der Waals surface area contributed by atoms with Crippen LogP contribution in [0, 0.1) is 20.8 Å². The number of halogens is 1. The lowest BCUT2D eigenvalue weighted by Gasteiger charge is -2.19. The van der Waals surface area contributed by atoms with Crippen LogP contribution in [0.3, 0.4) is 0 Å². The topological polar surface area (TPSA) is 56.7 Å². The molecule has 1 rings (SSSR count). The third-order valence-electron chi connectivity index (χ3n) is 4.33. The maximum absolute atomic E-state index is 12.1. The Morgan fingerprint density at radius 3 is 2.12 bits per heavy atom. The Balaban J connectivity index is 0.00000625. The molecule has 1 aromatic rings. The van der Waals surface area contributed by atoms with Gasteiger partial charge in [-0.2, -0.15) is 0 Å². The molecule has 0 aliphatic heterocycles. The molecule has 0 saturated heterocycles. The highest BCUT2D eigenvalue weighted by molar-refractivity contribution is 14.0. The normalized spacial score (nSPS) is 10.9. The molecule has 1 aromatic carbocycles. The quantitative estimate of drug-likeness (QED) is 0.344. The summed E-state index contributed by atoms with van der Waals surface area (Å²) < 4.78 is 0. The van der Waals surface area contributed by atoms with E-state index in [4.69, 9.17) is 0 Å². The van der Waals surface area contributed by atoms with Crippen molar-refractivity contribution in [3.63, 3.8) is 0 Å². The van der Waals surface area contributed by atoms with E-state index in [9.17, 15) is 4.79 Å². The highest BCUT2D eigenvalue weighted by Crippen LogP contribution is 2.17. The molecule has 6 heteroatoms. The van der Waals surface area contributed by atoms with Crippen molar-refractivity contribution >= 4 is 35.8 Å². The molecule has 0 aliphatic rings. The van der Waals surface area contributed by atoms with Gasteiger partial charge in [0.1, 0.15) is 0 Å². The second kappa shape index (κ2) is 12.9. The Kier molecular flexibility index (Phi) is 12.3. The maximum atomic E-state index is 12.1. The van der Waals surface area contributed by atoms with E-state index in [2.05, 4.69) is 48.5 Å². The van der Waals surface area contributed by atoms with Crippen LogP contribution in [0.4, 0.5) is 0 Å². The van der Waals surface area contributed by atoms with Crippen molar-refractivity contribution in [1.29, 1.82) is 0 Å². The Bertz CT molecular complexity index is 574. The van der Waals surface area contributed by atoms with Crippen LogP contribution in [0.15, 0.2) is 17.1 Å². The van der Waals surface area contributed by atoms with Crippen molar-refractivity contribution in [2.45, 2.75) is 54.5 Å². The summed E-state index contributed by atoms with van der Waals surface area (Å²) in [5, 5.41) is 6.51. The molecule has 148 valence electrons. The number of nitrogens with one attached hydrogen (secondary N) is 2. The van der Waals surface area contributed by atoms with Gasteiger partial charge in [0.05, 0.1) is 6.54 Å². The number of amides is 1. The summed E-state index contributed by atoms with van der Waals surface area (Å²) >= 11 is 0. The van der Waals surface area contributed by atoms with Gasteiger partial charge in [0, 0.05) is 32.6 Å². The highest BCUT2D eigenvalue weighted by atomic mass is 127. The minimum absolute atomic E-state index is 0. The van der Waals surface area contributed by atoms with Gasteiger partial charge in [0.2, 0.25) is 5.91 Å². The molecule has 0 bridgehead atoms. The molecule has 0 atom stereocenters. The zero-order chi connectivity index (χ0) is 18.8. The first-order chi connectivity index (χ1) is 11.9. The van der Waals surface area contributed by atoms with Crippen molar-refractivity contribution in [2.75, 3.05) is 26.2 Å². The second-order valence-electron chi connectivity index (χ2n) is 6.32. The molecule has 0 aliphatic carbocycles. The third-order valence-corrected chi connectivity index (χ3v) is 4.33. The lowest BCUT2D eigenvalue weighted by Crippen LogP contribution is -2.40. The summed E-state index contributed by atoms with van der Waals surface area (Å²) in [5.41, 5.74) is 5.09. The predicted molar refractivity (Wildman–Crippen MR) is 121 cm³/mol. The second-order valence-corrected chi connectivity index (χ2v) is 6.32. The summed E-state index contributed by atoms with van der Waals surface area (Å²) in [5.74, 6) is 0.938. The van der Waals surface area contributed by atoms with Crippen molar-refractivity contribution in [3.8, 4) is 0 Å². The Hall–Kier alpha value is -1.31. The van der Waals surface area contributed by atoms with Crippen LogP contribution in [0.1, 0.15) is 49.4 Å². The molecular formula is C20H35IN4O. The number of guanidine groups is 1. The number of carbonyl (C=O) groups is 1. The van der Waals surface area contributed by atoms with Gasteiger partial charge in [-0.15, -0.1) is 24.0 Å².